The van der Waals surface area contributed by atoms with Crippen LogP contribution in [0, 0.1) is 0 Å². The summed E-state index contributed by atoms with van der Waals surface area (Å²) in [4.78, 5) is 4.26. The van der Waals surface area contributed by atoms with Crippen molar-refractivity contribution < 1.29 is 18.6 Å². The highest BCUT2D eigenvalue weighted by atomic mass is 16.5. The van der Waals surface area contributed by atoms with Crippen molar-refractivity contribution >= 4 is 0 Å². The molecule has 6 nitrogen and oxygen atoms in total. The van der Waals surface area contributed by atoms with Crippen molar-refractivity contribution in [1.82, 2.24) is 10.3 Å². The van der Waals surface area contributed by atoms with E-state index in [1.807, 2.05) is 18.2 Å². The lowest BCUT2D eigenvalue weighted by atomic mass is 10.1. The van der Waals surface area contributed by atoms with Crippen molar-refractivity contribution in [3.63, 3.8) is 0 Å². The van der Waals surface area contributed by atoms with Gasteiger partial charge in [0.05, 0.1) is 20.8 Å². The third-order valence-electron chi connectivity index (χ3n) is 3.07. The lowest BCUT2D eigenvalue weighted by Gasteiger charge is -2.12. The maximum absolute atomic E-state index is 5.55. The predicted octanol–water partition coefficient (Wildman–Crippen LogP) is 2.09. The average molecular weight is 292 g/mol. The van der Waals surface area contributed by atoms with Crippen molar-refractivity contribution in [2.75, 3.05) is 34.5 Å². The van der Waals surface area contributed by atoms with Gasteiger partial charge in [0.2, 0.25) is 0 Å². The van der Waals surface area contributed by atoms with Crippen LogP contribution in [-0.4, -0.2) is 39.5 Å². The fourth-order valence-corrected chi connectivity index (χ4v) is 2.05. The SMILES string of the molecule is COCCNCc1ncoc1-c1c(OC)cccc1OC. The summed E-state index contributed by atoms with van der Waals surface area (Å²) in [5, 5.41) is 3.24. The Morgan fingerprint density at radius 3 is 2.48 bits per heavy atom. The van der Waals surface area contributed by atoms with E-state index in [9.17, 15) is 0 Å². The topological polar surface area (TPSA) is 65.8 Å². The average Bonchev–Trinajstić information content (AvgIpc) is 2.98. The van der Waals surface area contributed by atoms with E-state index < -0.39 is 0 Å². The summed E-state index contributed by atoms with van der Waals surface area (Å²) < 4.78 is 21.4. The lowest BCUT2D eigenvalue weighted by molar-refractivity contribution is 0.199. The Morgan fingerprint density at radius 2 is 1.86 bits per heavy atom. The number of hydrogen-bond acceptors (Lipinski definition) is 6. The van der Waals surface area contributed by atoms with E-state index in [1.165, 1.54) is 6.39 Å². The zero-order chi connectivity index (χ0) is 15.1. The second-order valence-electron chi connectivity index (χ2n) is 4.34. The zero-order valence-electron chi connectivity index (χ0n) is 12.5. The Bertz CT molecular complexity index is 546. The molecule has 1 heterocycles. The number of ether oxygens (including phenoxy) is 3. The standard InChI is InChI=1S/C15H20N2O4/c1-18-8-7-16-9-11-15(21-10-17-11)14-12(19-2)5-4-6-13(14)20-3/h4-6,10,16H,7-9H2,1-3H3. The summed E-state index contributed by atoms with van der Waals surface area (Å²) in [7, 11) is 4.90. The first-order valence-corrected chi connectivity index (χ1v) is 6.65. The summed E-state index contributed by atoms with van der Waals surface area (Å²) in [5.74, 6) is 2.02. The van der Waals surface area contributed by atoms with E-state index in [0.29, 0.717) is 30.4 Å². The van der Waals surface area contributed by atoms with Gasteiger partial charge in [-0.2, -0.15) is 0 Å². The molecular weight excluding hydrogens is 272 g/mol. The maximum Gasteiger partial charge on any atom is 0.181 e. The minimum atomic E-state index is 0.580. The highest BCUT2D eigenvalue weighted by Crippen LogP contribution is 2.39. The van der Waals surface area contributed by atoms with E-state index in [-0.39, 0.29) is 0 Å². The quantitative estimate of drug-likeness (QED) is 0.752. The first-order chi connectivity index (χ1) is 10.3. The Morgan fingerprint density at radius 1 is 1.14 bits per heavy atom. The van der Waals surface area contributed by atoms with Gasteiger partial charge < -0.3 is 23.9 Å². The molecule has 0 aliphatic carbocycles. The van der Waals surface area contributed by atoms with Gasteiger partial charge in [0.1, 0.15) is 22.8 Å². The zero-order valence-corrected chi connectivity index (χ0v) is 12.5. The Kier molecular flexibility index (Phi) is 5.59. The van der Waals surface area contributed by atoms with Crippen LogP contribution >= 0.6 is 0 Å². The number of aromatic nitrogens is 1. The molecule has 0 unspecified atom stereocenters. The van der Waals surface area contributed by atoms with Crippen LogP contribution in [0.4, 0.5) is 0 Å². The van der Waals surface area contributed by atoms with Gasteiger partial charge in [0.25, 0.3) is 0 Å². The van der Waals surface area contributed by atoms with Crippen LogP contribution in [0.5, 0.6) is 11.5 Å². The lowest BCUT2D eigenvalue weighted by Crippen LogP contribution is -2.19. The van der Waals surface area contributed by atoms with E-state index in [1.54, 1.807) is 21.3 Å². The van der Waals surface area contributed by atoms with E-state index in [4.69, 9.17) is 18.6 Å². The molecule has 0 amide bonds. The molecule has 0 atom stereocenters. The van der Waals surface area contributed by atoms with Gasteiger partial charge in [-0.15, -0.1) is 0 Å². The molecule has 0 spiro atoms. The number of rotatable bonds is 8. The third-order valence-corrected chi connectivity index (χ3v) is 3.07. The molecule has 0 radical (unpaired) electrons. The highest BCUT2D eigenvalue weighted by molar-refractivity contribution is 5.74. The van der Waals surface area contributed by atoms with Crippen LogP contribution in [0.2, 0.25) is 0 Å². The molecule has 0 fully saturated rings. The summed E-state index contributed by atoms with van der Waals surface area (Å²) >= 11 is 0. The molecule has 0 saturated heterocycles. The fraction of sp³-hybridized carbons (Fsp3) is 0.400. The first-order valence-electron chi connectivity index (χ1n) is 6.65. The minimum Gasteiger partial charge on any atom is -0.496 e. The van der Waals surface area contributed by atoms with Crippen molar-refractivity contribution in [3.8, 4) is 22.8 Å². The third kappa shape index (κ3) is 3.53. The number of benzene rings is 1. The molecule has 0 aliphatic heterocycles. The molecule has 2 rings (SSSR count). The van der Waals surface area contributed by atoms with Gasteiger partial charge >= 0.3 is 0 Å². The largest absolute Gasteiger partial charge is 0.496 e. The summed E-state index contributed by atoms with van der Waals surface area (Å²) in [6, 6.07) is 5.60. The van der Waals surface area contributed by atoms with Crippen LogP contribution in [0.25, 0.3) is 11.3 Å². The van der Waals surface area contributed by atoms with Crippen molar-refractivity contribution in [2.45, 2.75) is 6.54 Å². The molecule has 6 heteroatoms. The van der Waals surface area contributed by atoms with Gasteiger partial charge in [-0.1, -0.05) is 6.07 Å². The summed E-state index contributed by atoms with van der Waals surface area (Å²) in [6.07, 6.45) is 1.43. The molecule has 1 aromatic carbocycles. The number of nitrogens with one attached hydrogen (secondary N) is 1. The molecule has 1 aromatic heterocycles. The van der Waals surface area contributed by atoms with Gasteiger partial charge in [-0.3, -0.25) is 0 Å². The molecule has 114 valence electrons. The van der Waals surface area contributed by atoms with Gasteiger partial charge in [-0.25, -0.2) is 4.98 Å². The maximum atomic E-state index is 5.55. The van der Waals surface area contributed by atoms with E-state index in [0.717, 1.165) is 17.8 Å². The molecule has 0 aliphatic rings. The molecule has 21 heavy (non-hydrogen) atoms. The molecule has 2 aromatic rings. The van der Waals surface area contributed by atoms with E-state index >= 15 is 0 Å². The number of methoxy groups -OCH3 is 3. The first kappa shape index (κ1) is 15.3. The normalized spacial score (nSPS) is 10.6. The number of hydrogen-bond donors (Lipinski definition) is 1. The second kappa shape index (κ2) is 7.66. The number of nitrogens with zero attached hydrogens (tertiary/aromatic N) is 1. The minimum absolute atomic E-state index is 0.580. The summed E-state index contributed by atoms with van der Waals surface area (Å²) in [6.45, 7) is 1.97. The fourth-order valence-electron chi connectivity index (χ4n) is 2.05. The molecule has 0 bridgehead atoms. The van der Waals surface area contributed by atoms with Crippen LogP contribution in [-0.2, 0) is 11.3 Å². The van der Waals surface area contributed by atoms with Crippen LogP contribution < -0.4 is 14.8 Å². The second-order valence-corrected chi connectivity index (χ2v) is 4.34. The van der Waals surface area contributed by atoms with Crippen molar-refractivity contribution in [3.05, 3.63) is 30.3 Å². The smallest absolute Gasteiger partial charge is 0.181 e. The molecule has 0 saturated carbocycles. The van der Waals surface area contributed by atoms with E-state index in [2.05, 4.69) is 10.3 Å². The van der Waals surface area contributed by atoms with Gasteiger partial charge in [0.15, 0.2) is 12.2 Å². The van der Waals surface area contributed by atoms with Gasteiger partial charge in [-0.05, 0) is 12.1 Å². The predicted molar refractivity (Wildman–Crippen MR) is 78.6 cm³/mol. The molecular formula is C15H20N2O4. The van der Waals surface area contributed by atoms with Crippen molar-refractivity contribution in [2.24, 2.45) is 0 Å². The molecule has 1 N–H and O–H groups in total. The Labute approximate surface area is 124 Å². The highest BCUT2D eigenvalue weighted by Gasteiger charge is 2.19. The number of oxazole rings is 1. The Hall–Kier alpha value is -2.05. The van der Waals surface area contributed by atoms with Crippen molar-refractivity contribution in [1.29, 1.82) is 0 Å². The summed E-state index contributed by atoms with van der Waals surface area (Å²) in [5.41, 5.74) is 1.57. The van der Waals surface area contributed by atoms with Gasteiger partial charge in [0, 0.05) is 20.2 Å². The van der Waals surface area contributed by atoms with Crippen LogP contribution in [0.1, 0.15) is 5.69 Å². The van der Waals surface area contributed by atoms with Crippen LogP contribution in [0.3, 0.4) is 0 Å². The Balaban J connectivity index is 2.28. The monoisotopic (exact) mass is 292 g/mol. The van der Waals surface area contributed by atoms with Crippen LogP contribution in [0.15, 0.2) is 29.0 Å².